The third-order valence-corrected chi connectivity index (χ3v) is 4.82. The topological polar surface area (TPSA) is 103 Å². The highest BCUT2D eigenvalue weighted by molar-refractivity contribution is 5.93. The summed E-state index contributed by atoms with van der Waals surface area (Å²) in [6.07, 6.45) is 2.59. The van der Waals surface area contributed by atoms with Gasteiger partial charge in [-0.15, -0.1) is 0 Å². The summed E-state index contributed by atoms with van der Waals surface area (Å²) in [5.41, 5.74) is 2.71. The Hall–Kier alpha value is -3.71. The van der Waals surface area contributed by atoms with Crippen molar-refractivity contribution in [1.29, 1.82) is 0 Å². The van der Waals surface area contributed by atoms with Crippen molar-refractivity contribution in [3.63, 3.8) is 0 Å². The van der Waals surface area contributed by atoms with Crippen molar-refractivity contribution >= 4 is 28.2 Å². The summed E-state index contributed by atoms with van der Waals surface area (Å²) in [6, 6.07) is 15.1. The Morgan fingerprint density at radius 3 is 2.70 bits per heavy atom. The highest BCUT2D eigenvalue weighted by atomic mass is 16.3. The molecule has 0 bridgehead atoms. The number of aliphatic hydroxyl groups excluding tert-OH is 1. The number of rotatable bonds is 6. The number of hydrogen-bond acceptors (Lipinski definition) is 6. The quantitative estimate of drug-likeness (QED) is 0.392. The van der Waals surface area contributed by atoms with E-state index in [0.29, 0.717) is 22.8 Å². The van der Waals surface area contributed by atoms with Crippen LogP contribution in [0.25, 0.3) is 10.8 Å². The van der Waals surface area contributed by atoms with Gasteiger partial charge in [-0.05, 0) is 54.6 Å². The number of pyridine rings is 3. The zero-order valence-electron chi connectivity index (χ0n) is 16.8. The fourth-order valence-electron chi connectivity index (χ4n) is 3.33. The van der Waals surface area contributed by atoms with E-state index in [0.717, 1.165) is 22.1 Å². The third-order valence-electron chi connectivity index (χ3n) is 4.82. The summed E-state index contributed by atoms with van der Waals surface area (Å²) in [5, 5.41) is 18.1. The number of nitrogens with one attached hydrogen (secondary N) is 3. The van der Waals surface area contributed by atoms with Gasteiger partial charge in [-0.1, -0.05) is 29.8 Å². The Morgan fingerprint density at radius 1 is 1.07 bits per heavy atom. The van der Waals surface area contributed by atoms with Crippen LogP contribution in [0.3, 0.4) is 0 Å². The van der Waals surface area contributed by atoms with E-state index in [1.165, 1.54) is 0 Å². The molecule has 0 saturated carbocycles. The van der Waals surface area contributed by atoms with Gasteiger partial charge in [-0.3, -0.25) is 4.79 Å². The smallest absolute Gasteiger partial charge is 0.259 e. The highest BCUT2D eigenvalue weighted by Crippen LogP contribution is 2.24. The number of fused-ring (bicyclic) bond motifs is 1. The van der Waals surface area contributed by atoms with Gasteiger partial charge in [0.2, 0.25) is 0 Å². The van der Waals surface area contributed by atoms with Crippen LogP contribution in [0.5, 0.6) is 0 Å². The van der Waals surface area contributed by atoms with Gasteiger partial charge in [0.05, 0.1) is 11.5 Å². The lowest BCUT2D eigenvalue weighted by Crippen LogP contribution is -2.16. The third kappa shape index (κ3) is 4.31. The molecule has 0 radical (unpaired) electrons. The molecular weight excluding hydrogens is 378 g/mol. The second kappa shape index (κ2) is 8.34. The zero-order chi connectivity index (χ0) is 21.1. The maximum Gasteiger partial charge on any atom is 0.259 e. The molecule has 0 aliphatic rings. The minimum Gasteiger partial charge on any atom is -0.387 e. The van der Waals surface area contributed by atoms with Crippen LogP contribution in [0.1, 0.15) is 22.8 Å². The van der Waals surface area contributed by atoms with Crippen LogP contribution in [-0.2, 0) is 0 Å². The first-order valence-corrected chi connectivity index (χ1v) is 9.70. The van der Waals surface area contributed by atoms with Crippen LogP contribution in [0.15, 0.2) is 65.7 Å². The molecule has 3 aromatic heterocycles. The summed E-state index contributed by atoms with van der Waals surface area (Å²) in [4.78, 5) is 24.0. The molecule has 0 fully saturated rings. The van der Waals surface area contributed by atoms with Gasteiger partial charge >= 0.3 is 0 Å². The Labute approximate surface area is 173 Å². The van der Waals surface area contributed by atoms with Crippen LogP contribution in [-0.4, -0.2) is 26.6 Å². The first kappa shape index (κ1) is 19.6. The van der Waals surface area contributed by atoms with Crippen molar-refractivity contribution in [2.75, 3.05) is 17.2 Å². The molecule has 1 aromatic carbocycles. The van der Waals surface area contributed by atoms with Gasteiger partial charge in [-0.2, -0.15) is 0 Å². The van der Waals surface area contributed by atoms with E-state index < -0.39 is 6.10 Å². The fraction of sp³-hybridized carbons (Fsp3) is 0.174. The van der Waals surface area contributed by atoms with Crippen LogP contribution in [0.4, 0.5) is 17.5 Å². The number of anilines is 3. The molecule has 0 saturated heterocycles. The number of hydrogen-bond donors (Lipinski definition) is 4. The molecule has 4 N–H and O–H groups in total. The molecule has 7 heteroatoms. The van der Waals surface area contributed by atoms with Gasteiger partial charge in [0.25, 0.3) is 5.56 Å². The standard InChI is InChI=1S/C23H23N5O2/c1-14-4-3-5-16(10-14)18(29)13-26-22-21-17(7-9-25-23(21)30)12-20(28-22)27-19-11-15(2)6-8-24-19/h3-12,18,29H,13H2,1-2H3,(H,25,30)(H2,24,26,27,28). The molecule has 0 amide bonds. The summed E-state index contributed by atoms with van der Waals surface area (Å²) in [7, 11) is 0. The number of nitrogens with zero attached hydrogens (tertiary/aromatic N) is 2. The van der Waals surface area contributed by atoms with Crippen LogP contribution < -0.4 is 16.2 Å². The molecule has 3 heterocycles. The Bertz CT molecular complexity index is 1250. The second-order valence-electron chi connectivity index (χ2n) is 7.28. The minimum atomic E-state index is -0.736. The Morgan fingerprint density at radius 2 is 1.90 bits per heavy atom. The van der Waals surface area contributed by atoms with Crippen LogP contribution >= 0.6 is 0 Å². The van der Waals surface area contributed by atoms with Crippen molar-refractivity contribution in [2.24, 2.45) is 0 Å². The summed E-state index contributed by atoms with van der Waals surface area (Å²) >= 11 is 0. The van der Waals surface area contributed by atoms with E-state index in [1.54, 1.807) is 18.5 Å². The Kier molecular flexibility index (Phi) is 5.45. The number of aryl methyl sites for hydroxylation is 2. The van der Waals surface area contributed by atoms with Gasteiger partial charge < -0.3 is 20.7 Å². The van der Waals surface area contributed by atoms with E-state index in [9.17, 15) is 9.90 Å². The minimum absolute atomic E-state index is 0.214. The molecule has 1 unspecified atom stereocenters. The molecule has 0 aliphatic heterocycles. The molecule has 4 aromatic rings. The SMILES string of the molecule is Cc1cccc(C(O)CNc2nc(Nc3cc(C)ccn3)cc3cc[nH]c(=O)c23)c1. The molecule has 7 nitrogen and oxygen atoms in total. The van der Waals surface area contributed by atoms with Gasteiger partial charge in [0.1, 0.15) is 17.5 Å². The number of aliphatic hydroxyl groups is 1. The highest BCUT2D eigenvalue weighted by Gasteiger charge is 2.13. The summed E-state index contributed by atoms with van der Waals surface area (Å²) in [5.74, 6) is 1.62. The zero-order valence-corrected chi connectivity index (χ0v) is 16.8. The summed E-state index contributed by atoms with van der Waals surface area (Å²) < 4.78 is 0. The molecule has 1 atom stereocenters. The van der Waals surface area contributed by atoms with Crippen LogP contribution in [0, 0.1) is 13.8 Å². The van der Waals surface area contributed by atoms with Gasteiger partial charge in [0.15, 0.2) is 0 Å². The van der Waals surface area contributed by atoms with Crippen molar-refractivity contribution in [3.8, 4) is 0 Å². The lowest BCUT2D eigenvalue weighted by Gasteiger charge is -2.15. The molecule has 30 heavy (non-hydrogen) atoms. The Balaban J connectivity index is 1.66. The second-order valence-corrected chi connectivity index (χ2v) is 7.28. The molecular formula is C23H23N5O2. The maximum atomic E-state index is 12.4. The fourth-order valence-corrected chi connectivity index (χ4v) is 3.33. The first-order chi connectivity index (χ1) is 14.5. The normalized spacial score (nSPS) is 12.0. The van der Waals surface area contributed by atoms with E-state index >= 15 is 0 Å². The number of benzene rings is 1. The first-order valence-electron chi connectivity index (χ1n) is 9.70. The lowest BCUT2D eigenvalue weighted by atomic mass is 10.1. The predicted molar refractivity (Wildman–Crippen MR) is 119 cm³/mol. The number of aromatic nitrogens is 3. The van der Waals surface area contributed by atoms with Gasteiger partial charge in [0, 0.05) is 18.9 Å². The largest absolute Gasteiger partial charge is 0.387 e. The lowest BCUT2D eigenvalue weighted by molar-refractivity contribution is 0.191. The van der Waals surface area contributed by atoms with E-state index in [4.69, 9.17) is 0 Å². The molecule has 4 rings (SSSR count). The average molecular weight is 401 g/mol. The predicted octanol–water partition coefficient (Wildman–Crippen LogP) is 3.82. The van der Waals surface area contributed by atoms with E-state index in [-0.39, 0.29) is 12.1 Å². The maximum absolute atomic E-state index is 12.4. The van der Waals surface area contributed by atoms with Crippen molar-refractivity contribution in [3.05, 3.63) is 88.0 Å². The molecule has 152 valence electrons. The van der Waals surface area contributed by atoms with Crippen molar-refractivity contribution in [1.82, 2.24) is 15.0 Å². The number of aromatic amines is 1. The van der Waals surface area contributed by atoms with E-state index in [2.05, 4.69) is 25.6 Å². The van der Waals surface area contributed by atoms with Gasteiger partial charge in [-0.25, -0.2) is 9.97 Å². The van der Waals surface area contributed by atoms with Crippen molar-refractivity contribution in [2.45, 2.75) is 20.0 Å². The summed E-state index contributed by atoms with van der Waals surface area (Å²) in [6.45, 7) is 4.18. The van der Waals surface area contributed by atoms with E-state index in [1.807, 2.05) is 56.3 Å². The molecule has 0 spiro atoms. The van der Waals surface area contributed by atoms with Crippen LogP contribution in [0.2, 0.25) is 0 Å². The monoisotopic (exact) mass is 401 g/mol. The number of H-pyrrole nitrogens is 1. The molecule has 0 aliphatic carbocycles. The average Bonchev–Trinajstić information content (AvgIpc) is 2.72. The van der Waals surface area contributed by atoms with Crippen molar-refractivity contribution < 1.29 is 5.11 Å².